The summed E-state index contributed by atoms with van der Waals surface area (Å²) in [5.41, 5.74) is 2.52. The first-order chi connectivity index (χ1) is 10.6. The van der Waals surface area contributed by atoms with Crippen LogP contribution >= 0.6 is 0 Å². The van der Waals surface area contributed by atoms with Gasteiger partial charge in [-0.1, -0.05) is 24.3 Å². The molecule has 22 heavy (non-hydrogen) atoms. The number of benzene rings is 1. The highest BCUT2D eigenvalue weighted by atomic mass is 16.2. The molecule has 0 saturated carbocycles. The third-order valence-corrected chi connectivity index (χ3v) is 4.02. The van der Waals surface area contributed by atoms with E-state index in [0.29, 0.717) is 6.54 Å². The normalized spacial score (nSPS) is 15.9. The number of hydrogen-bond acceptors (Lipinski definition) is 2. The van der Waals surface area contributed by atoms with Crippen molar-refractivity contribution < 1.29 is 4.79 Å². The van der Waals surface area contributed by atoms with Crippen molar-refractivity contribution in [1.82, 2.24) is 15.1 Å². The van der Waals surface area contributed by atoms with Crippen LogP contribution in [0.25, 0.3) is 0 Å². The molecule has 0 unspecified atom stereocenters. The summed E-state index contributed by atoms with van der Waals surface area (Å²) in [6, 6.07) is 8.34. The van der Waals surface area contributed by atoms with Crippen LogP contribution in [0.2, 0.25) is 0 Å². The number of hydrogen-bond donors (Lipinski definition) is 1. The highest BCUT2D eigenvalue weighted by molar-refractivity contribution is 5.80. The van der Waals surface area contributed by atoms with Crippen molar-refractivity contribution in [3.05, 3.63) is 35.4 Å². The lowest BCUT2D eigenvalue weighted by Crippen LogP contribution is -2.53. The Morgan fingerprint density at radius 2 is 1.82 bits per heavy atom. The summed E-state index contributed by atoms with van der Waals surface area (Å²) in [7, 11) is 0. The fraction of sp³-hybridized carbons (Fsp3) is 0.529. The second-order valence-electron chi connectivity index (χ2n) is 5.59. The molecule has 0 aromatic heterocycles. The summed E-state index contributed by atoms with van der Waals surface area (Å²) in [4.78, 5) is 20.3. The van der Waals surface area contributed by atoms with Gasteiger partial charge in [-0.3, -0.25) is 4.79 Å². The zero-order valence-corrected chi connectivity index (χ0v) is 13.8. The number of carbonyl (C=O) groups excluding carboxylic acids is 1. The smallest absolute Gasteiger partial charge is 0.219 e. The Hall–Kier alpha value is -2.04. The average molecular weight is 302 g/mol. The molecule has 1 amide bonds. The molecule has 1 heterocycles. The summed E-state index contributed by atoms with van der Waals surface area (Å²) in [5.74, 6) is 1.09. The van der Waals surface area contributed by atoms with Crippen molar-refractivity contribution in [3.8, 4) is 0 Å². The number of nitrogens with zero attached hydrogens (tertiary/aromatic N) is 3. The van der Waals surface area contributed by atoms with Gasteiger partial charge >= 0.3 is 0 Å². The first-order valence-corrected chi connectivity index (χ1v) is 7.95. The third-order valence-electron chi connectivity index (χ3n) is 4.02. The number of piperazine rings is 1. The number of amides is 1. The molecule has 2 rings (SSSR count). The minimum atomic E-state index is 0.154. The zero-order chi connectivity index (χ0) is 15.9. The van der Waals surface area contributed by atoms with E-state index < -0.39 is 0 Å². The predicted octanol–water partition coefficient (Wildman–Crippen LogP) is 1.62. The van der Waals surface area contributed by atoms with Gasteiger partial charge in [-0.15, -0.1) is 0 Å². The Labute approximate surface area is 133 Å². The van der Waals surface area contributed by atoms with E-state index in [2.05, 4.69) is 48.3 Å². The van der Waals surface area contributed by atoms with Crippen molar-refractivity contribution in [2.24, 2.45) is 4.99 Å². The van der Waals surface area contributed by atoms with Crippen LogP contribution in [0, 0.1) is 6.92 Å². The highest BCUT2D eigenvalue weighted by Crippen LogP contribution is 2.09. The first kappa shape index (κ1) is 16.3. The standard InChI is InChI=1S/C17H26N4O/c1-4-18-17(19-13-16-8-6-5-7-14(16)2)21-11-9-20(10-12-21)15(3)22/h5-8H,4,9-13H2,1-3H3,(H,18,19). The molecule has 0 atom stereocenters. The van der Waals surface area contributed by atoms with E-state index in [4.69, 9.17) is 4.99 Å². The van der Waals surface area contributed by atoms with Crippen LogP contribution in [-0.2, 0) is 11.3 Å². The Balaban J connectivity index is 2.02. The summed E-state index contributed by atoms with van der Waals surface area (Å²) >= 11 is 0. The van der Waals surface area contributed by atoms with E-state index in [0.717, 1.165) is 38.7 Å². The van der Waals surface area contributed by atoms with Gasteiger partial charge in [0.25, 0.3) is 0 Å². The number of carbonyl (C=O) groups is 1. The molecule has 1 saturated heterocycles. The van der Waals surface area contributed by atoms with Gasteiger partial charge in [0.15, 0.2) is 5.96 Å². The van der Waals surface area contributed by atoms with Crippen molar-refractivity contribution >= 4 is 11.9 Å². The Morgan fingerprint density at radius 3 is 2.41 bits per heavy atom. The molecule has 0 spiro atoms. The third kappa shape index (κ3) is 4.23. The van der Waals surface area contributed by atoms with Crippen LogP contribution < -0.4 is 5.32 Å². The van der Waals surface area contributed by atoms with E-state index in [-0.39, 0.29) is 5.91 Å². The summed E-state index contributed by atoms with van der Waals surface area (Å²) in [6.45, 7) is 10.6. The molecule has 0 aliphatic carbocycles. The number of aliphatic imine (C=N–C) groups is 1. The van der Waals surface area contributed by atoms with Crippen LogP contribution in [0.3, 0.4) is 0 Å². The average Bonchev–Trinajstić information content (AvgIpc) is 2.53. The van der Waals surface area contributed by atoms with Gasteiger partial charge in [0.05, 0.1) is 6.54 Å². The molecular formula is C17H26N4O. The Morgan fingerprint density at radius 1 is 1.18 bits per heavy atom. The monoisotopic (exact) mass is 302 g/mol. The minimum absolute atomic E-state index is 0.154. The first-order valence-electron chi connectivity index (χ1n) is 7.95. The molecule has 0 radical (unpaired) electrons. The number of aryl methyl sites for hydroxylation is 1. The van der Waals surface area contributed by atoms with Gasteiger partial charge in [-0.25, -0.2) is 4.99 Å². The molecule has 0 bridgehead atoms. The summed E-state index contributed by atoms with van der Waals surface area (Å²) in [5, 5.41) is 3.36. The maximum Gasteiger partial charge on any atom is 0.219 e. The Bertz CT molecular complexity index is 533. The van der Waals surface area contributed by atoms with Crippen LogP contribution in [0.1, 0.15) is 25.0 Å². The number of rotatable bonds is 3. The van der Waals surface area contributed by atoms with Crippen molar-refractivity contribution in [2.75, 3.05) is 32.7 Å². The summed E-state index contributed by atoms with van der Waals surface area (Å²) < 4.78 is 0. The van der Waals surface area contributed by atoms with Crippen LogP contribution in [0.4, 0.5) is 0 Å². The molecule has 1 fully saturated rings. The van der Waals surface area contributed by atoms with Crippen molar-refractivity contribution in [3.63, 3.8) is 0 Å². The van der Waals surface area contributed by atoms with Gasteiger partial charge in [-0.05, 0) is 25.0 Å². The van der Waals surface area contributed by atoms with E-state index in [9.17, 15) is 4.79 Å². The number of nitrogens with one attached hydrogen (secondary N) is 1. The second kappa shape index (κ2) is 7.82. The van der Waals surface area contributed by atoms with Crippen molar-refractivity contribution in [2.45, 2.75) is 27.3 Å². The molecule has 5 heteroatoms. The molecule has 1 aromatic rings. The quantitative estimate of drug-likeness (QED) is 0.682. The van der Waals surface area contributed by atoms with Gasteiger partial charge in [0.2, 0.25) is 5.91 Å². The Kier molecular flexibility index (Phi) is 5.81. The van der Waals surface area contributed by atoms with E-state index in [1.54, 1.807) is 6.92 Å². The zero-order valence-electron chi connectivity index (χ0n) is 13.8. The highest BCUT2D eigenvalue weighted by Gasteiger charge is 2.20. The lowest BCUT2D eigenvalue weighted by Gasteiger charge is -2.36. The lowest BCUT2D eigenvalue weighted by atomic mass is 10.1. The maximum atomic E-state index is 11.4. The summed E-state index contributed by atoms with van der Waals surface area (Å²) in [6.07, 6.45) is 0. The minimum Gasteiger partial charge on any atom is -0.357 e. The van der Waals surface area contributed by atoms with Gasteiger partial charge < -0.3 is 15.1 Å². The van der Waals surface area contributed by atoms with Crippen LogP contribution in [0.5, 0.6) is 0 Å². The fourth-order valence-electron chi connectivity index (χ4n) is 2.61. The molecular weight excluding hydrogens is 276 g/mol. The van der Waals surface area contributed by atoms with Gasteiger partial charge in [0, 0.05) is 39.6 Å². The maximum absolute atomic E-state index is 11.4. The molecule has 5 nitrogen and oxygen atoms in total. The SMILES string of the molecule is CCNC(=NCc1ccccc1C)N1CCN(C(C)=O)CC1. The van der Waals surface area contributed by atoms with Crippen LogP contribution in [0.15, 0.2) is 29.3 Å². The van der Waals surface area contributed by atoms with E-state index >= 15 is 0 Å². The molecule has 1 aliphatic heterocycles. The number of guanidine groups is 1. The topological polar surface area (TPSA) is 47.9 Å². The van der Waals surface area contributed by atoms with E-state index in [1.165, 1.54) is 11.1 Å². The molecule has 1 aromatic carbocycles. The van der Waals surface area contributed by atoms with Crippen LogP contribution in [-0.4, -0.2) is 54.4 Å². The largest absolute Gasteiger partial charge is 0.357 e. The van der Waals surface area contributed by atoms with Crippen molar-refractivity contribution in [1.29, 1.82) is 0 Å². The van der Waals surface area contributed by atoms with Gasteiger partial charge in [0.1, 0.15) is 0 Å². The fourth-order valence-corrected chi connectivity index (χ4v) is 2.61. The molecule has 120 valence electrons. The van der Waals surface area contributed by atoms with E-state index in [1.807, 2.05) is 4.90 Å². The lowest BCUT2D eigenvalue weighted by molar-refractivity contribution is -0.130. The molecule has 1 aliphatic rings. The predicted molar refractivity (Wildman–Crippen MR) is 89.8 cm³/mol. The molecule has 1 N–H and O–H groups in total. The van der Waals surface area contributed by atoms with Gasteiger partial charge in [-0.2, -0.15) is 0 Å². The second-order valence-corrected chi connectivity index (χ2v) is 5.59.